The normalized spacial score (nSPS) is 16.8. The Morgan fingerprint density at radius 3 is 2.67 bits per heavy atom. The molecule has 1 aromatic rings. The molecule has 0 aliphatic heterocycles. The van der Waals surface area contributed by atoms with E-state index in [-0.39, 0.29) is 0 Å². The summed E-state index contributed by atoms with van der Waals surface area (Å²) in [5, 5.41) is 0.980. The zero-order valence-corrected chi connectivity index (χ0v) is 12.7. The first-order chi connectivity index (χ1) is 9.96. The summed E-state index contributed by atoms with van der Waals surface area (Å²) in [6, 6.07) is 8.99. The summed E-state index contributed by atoms with van der Waals surface area (Å²) in [5.41, 5.74) is 0.744. The fourth-order valence-corrected chi connectivity index (χ4v) is 2.48. The van der Waals surface area contributed by atoms with Crippen LogP contribution in [-0.4, -0.2) is 27.0 Å². The van der Waals surface area contributed by atoms with Crippen LogP contribution >= 0.6 is 0 Å². The third-order valence-corrected chi connectivity index (χ3v) is 4.11. The molecule has 0 bridgehead atoms. The highest BCUT2D eigenvalue weighted by Crippen LogP contribution is 2.29. The van der Waals surface area contributed by atoms with E-state index in [2.05, 4.69) is 0 Å². The Hall–Kier alpha value is -1.66. The number of amides is 1. The van der Waals surface area contributed by atoms with Crippen LogP contribution in [-0.2, 0) is 19.6 Å². The molecule has 1 unspecified atom stereocenters. The zero-order chi connectivity index (χ0) is 15.3. The summed E-state index contributed by atoms with van der Waals surface area (Å²) in [4.78, 5) is 11.8. The molecule has 0 saturated heterocycles. The monoisotopic (exact) mass is 309 g/mol. The van der Waals surface area contributed by atoms with Gasteiger partial charge in [0.2, 0.25) is 0 Å². The van der Waals surface area contributed by atoms with Crippen molar-refractivity contribution < 1.29 is 17.9 Å². The van der Waals surface area contributed by atoms with Gasteiger partial charge < -0.3 is 4.74 Å². The van der Waals surface area contributed by atoms with Crippen molar-refractivity contribution in [2.75, 3.05) is 6.61 Å². The van der Waals surface area contributed by atoms with Crippen LogP contribution in [0.5, 0.6) is 0 Å². The van der Waals surface area contributed by atoms with E-state index in [9.17, 15) is 13.2 Å². The number of benzene rings is 1. The van der Waals surface area contributed by atoms with Crippen LogP contribution < -0.4 is 4.72 Å². The van der Waals surface area contributed by atoms with Crippen LogP contribution in [0.1, 0.15) is 25.3 Å². The van der Waals surface area contributed by atoms with Crippen molar-refractivity contribution in [2.45, 2.75) is 25.9 Å². The highest BCUT2D eigenvalue weighted by atomic mass is 32.2. The molecule has 5 nitrogen and oxygen atoms in total. The Labute approximate surface area is 125 Å². The average Bonchev–Trinajstić information content (AvgIpc) is 3.27. The molecule has 0 radical (unpaired) electrons. The van der Waals surface area contributed by atoms with Crippen molar-refractivity contribution in [3.63, 3.8) is 0 Å². The van der Waals surface area contributed by atoms with Gasteiger partial charge in [-0.3, -0.25) is 4.79 Å². The summed E-state index contributed by atoms with van der Waals surface area (Å²) in [5.74, 6) is -0.122. The SMILES string of the molecule is CC(OCC1CC1)C(=O)NS(=O)(=O)C=Cc1ccccc1. The third kappa shape index (κ3) is 5.69. The zero-order valence-electron chi connectivity index (χ0n) is 11.9. The van der Waals surface area contributed by atoms with Crippen LogP contribution in [0.15, 0.2) is 35.7 Å². The minimum Gasteiger partial charge on any atom is -0.368 e. The van der Waals surface area contributed by atoms with E-state index < -0.39 is 22.0 Å². The van der Waals surface area contributed by atoms with Gasteiger partial charge in [0.25, 0.3) is 15.9 Å². The molecule has 1 atom stereocenters. The predicted octanol–water partition coefficient (Wildman–Crippen LogP) is 1.92. The number of sulfonamides is 1. The number of hydrogen-bond donors (Lipinski definition) is 1. The first-order valence-corrected chi connectivity index (χ1v) is 8.42. The molecular weight excluding hydrogens is 290 g/mol. The van der Waals surface area contributed by atoms with E-state index in [4.69, 9.17) is 4.74 Å². The molecule has 1 aromatic carbocycles. The van der Waals surface area contributed by atoms with Crippen LogP contribution in [0.25, 0.3) is 6.08 Å². The fourth-order valence-electron chi connectivity index (χ4n) is 1.63. The summed E-state index contributed by atoms with van der Waals surface area (Å²) < 4.78 is 30.9. The van der Waals surface area contributed by atoms with Crippen LogP contribution in [0.3, 0.4) is 0 Å². The third-order valence-electron chi connectivity index (χ3n) is 3.13. The smallest absolute Gasteiger partial charge is 0.262 e. The van der Waals surface area contributed by atoms with Crippen molar-refractivity contribution >= 4 is 22.0 Å². The molecule has 2 rings (SSSR count). The Bertz CT molecular complexity index is 606. The molecule has 0 heterocycles. The van der Waals surface area contributed by atoms with Gasteiger partial charge in [-0.2, -0.15) is 0 Å². The first-order valence-electron chi connectivity index (χ1n) is 6.88. The van der Waals surface area contributed by atoms with Crippen LogP contribution in [0.4, 0.5) is 0 Å². The number of ether oxygens (including phenoxy) is 1. The van der Waals surface area contributed by atoms with E-state index in [0.29, 0.717) is 12.5 Å². The average molecular weight is 309 g/mol. The van der Waals surface area contributed by atoms with E-state index in [0.717, 1.165) is 23.8 Å². The summed E-state index contributed by atoms with van der Waals surface area (Å²) in [6.45, 7) is 2.06. The minimum atomic E-state index is -3.81. The minimum absolute atomic E-state index is 0.508. The molecule has 21 heavy (non-hydrogen) atoms. The molecule has 1 N–H and O–H groups in total. The highest BCUT2D eigenvalue weighted by molar-refractivity contribution is 7.93. The van der Waals surface area contributed by atoms with Gasteiger partial charge in [-0.1, -0.05) is 30.3 Å². The van der Waals surface area contributed by atoms with Gasteiger partial charge in [0.05, 0.1) is 12.0 Å². The van der Waals surface area contributed by atoms with E-state index in [1.165, 1.54) is 6.08 Å². The number of hydrogen-bond acceptors (Lipinski definition) is 4. The van der Waals surface area contributed by atoms with Gasteiger partial charge in [-0.15, -0.1) is 0 Å². The summed E-state index contributed by atoms with van der Waals surface area (Å²) in [7, 11) is -3.81. The summed E-state index contributed by atoms with van der Waals surface area (Å²) >= 11 is 0. The second-order valence-corrected chi connectivity index (χ2v) is 6.71. The molecule has 0 spiro atoms. The quantitative estimate of drug-likeness (QED) is 0.835. The van der Waals surface area contributed by atoms with Crippen molar-refractivity contribution in [3.05, 3.63) is 41.3 Å². The molecule has 0 aromatic heterocycles. The lowest BCUT2D eigenvalue weighted by atomic mass is 10.2. The molecule has 1 fully saturated rings. The van der Waals surface area contributed by atoms with E-state index in [1.807, 2.05) is 10.8 Å². The number of carbonyl (C=O) groups is 1. The lowest BCUT2D eigenvalue weighted by molar-refractivity contribution is -0.130. The Morgan fingerprint density at radius 1 is 1.38 bits per heavy atom. The van der Waals surface area contributed by atoms with E-state index >= 15 is 0 Å². The van der Waals surface area contributed by atoms with Crippen LogP contribution in [0, 0.1) is 5.92 Å². The lowest BCUT2D eigenvalue weighted by Gasteiger charge is -2.12. The van der Waals surface area contributed by atoms with Gasteiger partial charge in [-0.25, -0.2) is 13.1 Å². The largest absolute Gasteiger partial charge is 0.368 e. The number of carbonyl (C=O) groups excluding carboxylic acids is 1. The molecule has 1 amide bonds. The molecule has 1 saturated carbocycles. The van der Waals surface area contributed by atoms with E-state index in [1.54, 1.807) is 31.2 Å². The second-order valence-electron chi connectivity index (χ2n) is 5.14. The number of nitrogens with one attached hydrogen (secondary N) is 1. The molecule has 114 valence electrons. The standard InChI is InChI=1S/C15H19NO4S/c1-12(20-11-14-7-8-14)15(17)16-21(18,19)10-9-13-5-3-2-4-6-13/h2-6,9-10,12,14H,7-8,11H2,1H3,(H,16,17). The topological polar surface area (TPSA) is 72.5 Å². The maximum Gasteiger partial charge on any atom is 0.262 e. The van der Waals surface area contributed by atoms with Crippen molar-refractivity contribution in [3.8, 4) is 0 Å². The van der Waals surface area contributed by atoms with Crippen LogP contribution in [0.2, 0.25) is 0 Å². The molecular formula is C15H19NO4S. The molecule has 1 aliphatic carbocycles. The van der Waals surface area contributed by atoms with Crippen molar-refractivity contribution in [2.24, 2.45) is 5.92 Å². The Kier molecular flexibility index (Phi) is 5.14. The molecule has 1 aliphatic rings. The highest BCUT2D eigenvalue weighted by Gasteiger charge is 2.25. The predicted molar refractivity (Wildman–Crippen MR) is 80.7 cm³/mol. The van der Waals surface area contributed by atoms with Gasteiger partial charge in [0.15, 0.2) is 0 Å². The Morgan fingerprint density at radius 2 is 2.05 bits per heavy atom. The van der Waals surface area contributed by atoms with Crippen molar-refractivity contribution in [1.82, 2.24) is 4.72 Å². The first kappa shape index (κ1) is 15.7. The Balaban J connectivity index is 1.87. The summed E-state index contributed by atoms with van der Waals surface area (Å²) in [6.07, 6.45) is 2.90. The lowest BCUT2D eigenvalue weighted by Crippen LogP contribution is -2.37. The van der Waals surface area contributed by atoms with Crippen molar-refractivity contribution in [1.29, 1.82) is 0 Å². The maximum absolute atomic E-state index is 11.8. The fraction of sp³-hybridized carbons (Fsp3) is 0.400. The molecule has 6 heteroatoms. The number of rotatable bonds is 7. The second kappa shape index (κ2) is 6.87. The van der Waals surface area contributed by atoms with Gasteiger partial charge in [-0.05, 0) is 37.3 Å². The maximum atomic E-state index is 11.8. The van der Waals surface area contributed by atoms with Gasteiger partial charge >= 0.3 is 0 Å². The van der Waals surface area contributed by atoms with Gasteiger partial charge in [0.1, 0.15) is 6.10 Å². The van der Waals surface area contributed by atoms with Gasteiger partial charge in [0, 0.05) is 0 Å².